The van der Waals surface area contributed by atoms with E-state index < -0.39 is 0 Å². The Labute approximate surface area is 149 Å². The predicted octanol–water partition coefficient (Wildman–Crippen LogP) is 3.23. The first kappa shape index (κ1) is 18.5. The summed E-state index contributed by atoms with van der Waals surface area (Å²) in [5.74, 6) is 0.622. The van der Waals surface area contributed by atoms with E-state index in [-0.39, 0.29) is 12.3 Å². The maximum absolute atomic E-state index is 11.9. The zero-order chi connectivity index (χ0) is 18.1. The second-order valence-corrected chi connectivity index (χ2v) is 5.58. The normalized spacial score (nSPS) is 10.7. The Balaban J connectivity index is 1.86. The van der Waals surface area contributed by atoms with Crippen LogP contribution in [-0.4, -0.2) is 32.3 Å². The van der Waals surface area contributed by atoms with Crippen LogP contribution in [0.5, 0.6) is 5.75 Å². The highest BCUT2D eigenvalue weighted by Crippen LogP contribution is 2.14. The first-order valence-corrected chi connectivity index (χ1v) is 8.46. The Morgan fingerprint density at radius 1 is 1.08 bits per heavy atom. The Kier molecular flexibility index (Phi) is 7.01. The summed E-state index contributed by atoms with van der Waals surface area (Å²) in [6.07, 6.45) is 1.93. The van der Waals surface area contributed by atoms with Crippen LogP contribution in [0.25, 0.3) is 0 Å². The van der Waals surface area contributed by atoms with Gasteiger partial charge in [0.2, 0.25) is 5.91 Å². The van der Waals surface area contributed by atoms with Crippen LogP contribution < -0.4 is 15.1 Å². The fourth-order valence-corrected chi connectivity index (χ4v) is 2.51. The maximum atomic E-state index is 11.9. The SMILES string of the molecule is CCN(CC)c1ccc(/C=N/NC(=O)Cc2ccc(OC)cc2)cc1. The quantitative estimate of drug-likeness (QED) is 0.593. The fourth-order valence-electron chi connectivity index (χ4n) is 2.51. The molecular formula is C20H25N3O2. The molecule has 0 bridgehead atoms. The summed E-state index contributed by atoms with van der Waals surface area (Å²) in [6, 6.07) is 15.5. The van der Waals surface area contributed by atoms with Gasteiger partial charge >= 0.3 is 0 Å². The monoisotopic (exact) mass is 339 g/mol. The molecule has 0 heterocycles. The highest BCUT2D eigenvalue weighted by Gasteiger charge is 2.03. The van der Waals surface area contributed by atoms with E-state index >= 15 is 0 Å². The second kappa shape index (κ2) is 9.47. The highest BCUT2D eigenvalue weighted by atomic mass is 16.5. The summed E-state index contributed by atoms with van der Waals surface area (Å²) >= 11 is 0. The number of amides is 1. The van der Waals surface area contributed by atoms with Gasteiger partial charge in [-0.2, -0.15) is 5.10 Å². The smallest absolute Gasteiger partial charge is 0.244 e. The number of methoxy groups -OCH3 is 1. The minimum atomic E-state index is -0.152. The summed E-state index contributed by atoms with van der Waals surface area (Å²) in [7, 11) is 1.62. The van der Waals surface area contributed by atoms with Crippen LogP contribution in [0.3, 0.4) is 0 Å². The number of benzene rings is 2. The number of carbonyl (C=O) groups is 1. The van der Waals surface area contributed by atoms with Crippen LogP contribution in [0.2, 0.25) is 0 Å². The lowest BCUT2D eigenvalue weighted by atomic mass is 10.1. The molecule has 1 N–H and O–H groups in total. The molecule has 0 atom stereocenters. The van der Waals surface area contributed by atoms with Crippen molar-refractivity contribution in [2.24, 2.45) is 5.10 Å². The van der Waals surface area contributed by atoms with Gasteiger partial charge in [-0.1, -0.05) is 24.3 Å². The van der Waals surface area contributed by atoms with Crippen LogP contribution in [0.15, 0.2) is 53.6 Å². The van der Waals surface area contributed by atoms with Crippen molar-refractivity contribution in [2.75, 3.05) is 25.1 Å². The number of carbonyl (C=O) groups excluding carboxylic acids is 1. The number of hydrogen-bond acceptors (Lipinski definition) is 4. The minimum absolute atomic E-state index is 0.152. The van der Waals surface area contributed by atoms with Crippen molar-refractivity contribution in [3.05, 3.63) is 59.7 Å². The molecule has 1 amide bonds. The molecule has 5 nitrogen and oxygen atoms in total. The Hall–Kier alpha value is -2.82. The number of rotatable bonds is 8. The van der Waals surface area contributed by atoms with Crippen molar-refractivity contribution >= 4 is 17.8 Å². The molecular weight excluding hydrogens is 314 g/mol. The van der Waals surface area contributed by atoms with Crippen LogP contribution in [0, 0.1) is 0 Å². The summed E-state index contributed by atoms with van der Waals surface area (Å²) < 4.78 is 5.10. The molecule has 0 spiro atoms. The lowest BCUT2D eigenvalue weighted by Gasteiger charge is -2.20. The highest BCUT2D eigenvalue weighted by molar-refractivity contribution is 5.83. The van der Waals surface area contributed by atoms with Gasteiger partial charge in [0.15, 0.2) is 0 Å². The van der Waals surface area contributed by atoms with Gasteiger partial charge in [0.1, 0.15) is 5.75 Å². The average Bonchev–Trinajstić information content (AvgIpc) is 2.64. The summed E-state index contributed by atoms with van der Waals surface area (Å²) in [5.41, 5.74) is 5.60. The minimum Gasteiger partial charge on any atom is -0.497 e. The van der Waals surface area contributed by atoms with Crippen molar-refractivity contribution < 1.29 is 9.53 Å². The van der Waals surface area contributed by atoms with Crippen LogP contribution in [0.4, 0.5) is 5.69 Å². The molecule has 2 rings (SSSR count). The van der Waals surface area contributed by atoms with E-state index in [4.69, 9.17) is 4.74 Å². The molecule has 132 valence electrons. The van der Waals surface area contributed by atoms with E-state index in [2.05, 4.69) is 41.4 Å². The van der Waals surface area contributed by atoms with E-state index in [1.807, 2.05) is 36.4 Å². The van der Waals surface area contributed by atoms with Gasteiger partial charge in [-0.05, 0) is 49.2 Å². The topological polar surface area (TPSA) is 53.9 Å². The first-order chi connectivity index (χ1) is 12.2. The lowest BCUT2D eigenvalue weighted by Crippen LogP contribution is -2.21. The van der Waals surface area contributed by atoms with Gasteiger partial charge < -0.3 is 9.64 Å². The molecule has 2 aromatic rings. The third-order valence-electron chi connectivity index (χ3n) is 3.95. The van der Waals surface area contributed by atoms with Crippen LogP contribution in [-0.2, 0) is 11.2 Å². The van der Waals surface area contributed by atoms with Crippen molar-refractivity contribution in [3.8, 4) is 5.75 Å². The molecule has 0 aliphatic heterocycles. The standard InChI is InChI=1S/C20H25N3O2/c1-4-23(5-2)18-10-6-17(7-11-18)15-21-22-20(24)14-16-8-12-19(25-3)13-9-16/h6-13,15H,4-5,14H2,1-3H3,(H,22,24)/b21-15+. The zero-order valence-corrected chi connectivity index (χ0v) is 15.0. The number of nitrogens with zero attached hydrogens (tertiary/aromatic N) is 2. The lowest BCUT2D eigenvalue weighted by molar-refractivity contribution is -0.120. The van der Waals surface area contributed by atoms with Crippen LogP contribution >= 0.6 is 0 Å². The van der Waals surface area contributed by atoms with Gasteiger partial charge in [-0.3, -0.25) is 4.79 Å². The van der Waals surface area contributed by atoms with E-state index in [1.54, 1.807) is 13.3 Å². The van der Waals surface area contributed by atoms with Crippen molar-refractivity contribution in [1.29, 1.82) is 0 Å². The third-order valence-corrected chi connectivity index (χ3v) is 3.95. The molecule has 5 heteroatoms. The molecule has 0 fully saturated rings. The van der Waals surface area contributed by atoms with Gasteiger partial charge in [0.05, 0.1) is 19.7 Å². The molecule has 25 heavy (non-hydrogen) atoms. The Morgan fingerprint density at radius 2 is 1.72 bits per heavy atom. The van der Waals surface area contributed by atoms with E-state index in [0.29, 0.717) is 0 Å². The molecule has 0 aliphatic rings. The number of hydrogen-bond donors (Lipinski definition) is 1. The van der Waals surface area contributed by atoms with Gasteiger partial charge in [-0.15, -0.1) is 0 Å². The van der Waals surface area contributed by atoms with E-state index in [1.165, 1.54) is 5.69 Å². The number of ether oxygens (including phenoxy) is 1. The maximum Gasteiger partial charge on any atom is 0.244 e. The van der Waals surface area contributed by atoms with Crippen molar-refractivity contribution in [2.45, 2.75) is 20.3 Å². The fraction of sp³-hybridized carbons (Fsp3) is 0.300. The largest absolute Gasteiger partial charge is 0.497 e. The molecule has 0 aromatic heterocycles. The van der Waals surface area contributed by atoms with Gasteiger partial charge in [-0.25, -0.2) is 5.43 Å². The molecule has 2 aromatic carbocycles. The molecule has 0 unspecified atom stereocenters. The van der Waals surface area contributed by atoms with Crippen LogP contribution in [0.1, 0.15) is 25.0 Å². The van der Waals surface area contributed by atoms with Gasteiger partial charge in [0, 0.05) is 18.8 Å². The van der Waals surface area contributed by atoms with Gasteiger partial charge in [0.25, 0.3) is 0 Å². The average molecular weight is 339 g/mol. The zero-order valence-electron chi connectivity index (χ0n) is 15.0. The number of hydrazone groups is 1. The summed E-state index contributed by atoms with van der Waals surface area (Å²) in [4.78, 5) is 14.2. The second-order valence-electron chi connectivity index (χ2n) is 5.58. The molecule has 0 saturated heterocycles. The van der Waals surface area contributed by atoms with Crippen molar-refractivity contribution in [1.82, 2.24) is 5.43 Å². The molecule has 0 radical (unpaired) electrons. The summed E-state index contributed by atoms with van der Waals surface area (Å²) in [5, 5.41) is 4.02. The molecule has 0 aliphatic carbocycles. The summed E-state index contributed by atoms with van der Waals surface area (Å²) in [6.45, 7) is 6.23. The Morgan fingerprint density at radius 3 is 2.28 bits per heavy atom. The number of nitrogens with one attached hydrogen (secondary N) is 1. The first-order valence-electron chi connectivity index (χ1n) is 8.46. The Bertz CT molecular complexity index is 690. The molecule has 0 saturated carbocycles. The third kappa shape index (κ3) is 5.64. The number of anilines is 1. The van der Waals surface area contributed by atoms with E-state index in [9.17, 15) is 4.79 Å². The van der Waals surface area contributed by atoms with E-state index in [0.717, 1.165) is 30.0 Å². The predicted molar refractivity (Wildman–Crippen MR) is 102 cm³/mol. The van der Waals surface area contributed by atoms with Crippen molar-refractivity contribution in [3.63, 3.8) is 0 Å².